The number of ether oxygens (including phenoxy) is 1. The zero-order valence-corrected chi connectivity index (χ0v) is 13.0. The van der Waals surface area contributed by atoms with Crippen LogP contribution in [0.5, 0.6) is 0 Å². The van der Waals surface area contributed by atoms with Crippen LogP contribution < -0.4 is 5.32 Å². The van der Waals surface area contributed by atoms with Crippen molar-refractivity contribution in [2.45, 2.75) is 25.5 Å². The summed E-state index contributed by atoms with van der Waals surface area (Å²) in [5.41, 5.74) is 5.03. The minimum absolute atomic E-state index is 0.121. The lowest BCUT2D eigenvalue weighted by Gasteiger charge is -2.36. The standard InChI is InChI=1S/C19H19NO3/c1-11-2-7-16-15(10-11)18-14(8-9-23-18)17(20-16)12-3-5-13(6-4-12)19(21)22/h2-7,10,14,17-18,20H,8-9H2,1H3,(H,21,22)/t14-,17+,18-/m1/s1. The van der Waals surface area contributed by atoms with Gasteiger partial charge in [-0.05, 0) is 37.1 Å². The van der Waals surface area contributed by atoms with E-state index in [1.807, 2.05) is 12.1 Å². The van der Waals surface area contributed by atoms with Gasteiger partial charge in [-0.15, -0.1) is 0 Å². The zero-order valence-electron chi connectivity index (χ0n) is 13.0. The molecule has 2 aliphatic rings. The highest BCUT2D eigenvalue weighted by Crippen LogP contribution is 2.49. The second-order valence-electron chi connectivity index (χ2n) is 6.38. The van der Waals surface area contributed by atoms with E-state index in [0.717, 1.165) is 24.3 Å². The summed E-state index contributed by atoms with van der Waals surface area (Å²) in [4.78, 5) is 11.0. The molecule has 4 heteroatoms. The van der Waals surface area contributed by atoms with Gasteiger partial charge < -0.3 is 15.2 Å². The fraction of sp³-hybridized carbons (Fsp3) is 0.316. The van der Waals surface area contributed by atoms with Crippen LogP contribution in [0.25, 0.3) is 0 Å². The summed E-state index contributed by atoms with van der Waals surface area (Å²) >= 11 is 0. The van der Waals surface area contributed by atoms with Gasteiger partial charge in [-0.2, -0.15) is 0 Å². The first-order valence-corrected chi connectivity index (χ1v) is 7.95. The van der Waals surface area contributed by atoms with Gasteiger partial charge in [0.15, 0.2) is 0 Å². The van der Waals surface area contributed by atoms with Crippen LogP contribution in [-0.4, -0.2) is 17.7 Å². The lowest BCUT2D eigenvalue weighted by atomic mass is 9.80. The van der Waals surface area contributed by atoms with Crippen LogP contribution in [0.15, 0.2) is 42.5 Å². The molecular weight excluding hydrogens is 290 g/mol. The second-order valence-corrected chi connectivity index (χ2v) is 6.38. The fourth-order valence-corrected chi connectivity index (χ4v) is 3.76. The second kappa shape index (κ2) is 5.39. The highest BCUT2D eigenvalue weighted by molar-refractivity contribution is 5.87. The first-order valence-electron chi connectivity index (χ1n) is 7.95. The van der Waals surface area contributed by atoms with Crippen molar-refractivity contribution in [1.82, 2.24) is 0 Å². The lowest BCUT2D eigenvalue weighted by Crippen LogP contribution is -2.29. The quantitative estimate of drug-likeness (QED) is 0.882. The molecule has 4 nitrogen and oxygen atoms in total. The minimum Gasteiger partial charge on any atom is -0.478 e. The van der Waals surface area contributed by atoms with Crippen molar-refractivity contribution in [1.29, 1.82) is 0 Å². The van der Waals surface area contributed by atoms with Crippen molar-refractivity contribution >= 4 is 11.7 Å². The minimum atomic E-state index is -0.893. The van der Waals surface area contributed by atoms with Gasteiger partial charge in [-0.1, -0.05) is 29.8 Å². The summed E-state index contributed by atoms with van der Waals surface area (Å²) in [6.07, 6.45) is 1.13. The molecule has 1 fully saturated rings. The number of nitrogens with one attached hydrogen (secondary N) is 1. The molecule has 118 valence electrons. The van der Waals surface area contributed by atoms with Crippen molar-refractivity contribution in [2.24, 2.45) is 5.92 Å². The molecule has 0 aromatic heterocycles. The average molecular weight is 309 g/mol. The number of carboxylic acid groups (broad SMARTS) is 1. The van der Waals surface area contributed by atoms with Crippen molar-refractivity contribution < 1.29 is 14.6 Å². The maximum absolute atomic E-state index is 11.0. The third kappa shape index (κ3) is 2.39. The van der Waals surface area contributed by atoms with Gasteiger partial charge in [0.05, 0.1) is 17.7 Å². The van der Waals surface area contributed by atoms with E-state index in [1.165, 1.54) is 11.1 Å². The van der Waals surface area contributed by atoms with Gasteiger partial charge in [0.2, 0.25) is 0 Å². The Bertz CT molecular complexity index is 754. The van der Waals surface area contributed by atoms with E-state index in [0.29, 0.717) is 11.5 Å². The van der Waals surface area contributed by atoms with E-state index < -0.39 is 5.97 Å². The molecule has 2 aromatic carbocycles. The Hall–Kier alpha value is -2.33. The van der Waals surface area contributed by atoms with Crippen LogP contribution in [0.1, 0.15) is 45.6 Å². The van der Waals surface area contributed by atoms with Crippen LogP contribution in [0.3, 0.4) is 0 Å². The third-order valence-electron chi connectivity index (χ3n) is 4.91. The third-order valence-corrected chi connectivity index (χ3v) is 4.91. The van der Waals surface area contributed by atoms with Gasteiger partial charge in [0, 0.05) is 23.8 Å². The molecule has 2 aliphatic heterocycles. The van der Waals surface area contributed by atoms with Crippen molar-refractivity contribution in [3.63, 3.8) is 0 Å². The van der Waals surface area contributed by atoms with E-state index in [2.05, 4.69) is 30.4 Å². The molecule has 3 atom stereocenters. The molecule has 2 heterocycles. The predicted octanol–water partition coefficient (Wildman–Crippen LogP) is 3.94. The van der Waals surface area contributed by atoms with E-state index in [4.69, 9.17) is 9.84 Å². The number of anilines is 1. The number of rotatable bonds is 2. The van der Waals surface area contributed by atoms with E-state index >= 15 is 0 Å². The monoisotopic (exact) mass is 309 g/mol. The smallest absolute Gasteiger partial charge is 0.335 e. The Morgan fingerprint density at radius 1 is 1.22 bits per heavy atom. The lowest BCUT2D eigenvalue weighted by molar-refractivity contribution is 0.0696. The van der Waals surface area contributed by atoms with Crippen LogP contribution in [0.2, 0.25) is 0 Å². The van der Waals surface area contributed by atoms with Crippen LogP contribution in [-0.2, 0) is 4.74 Å². The molecule has 0 bridgehead atoms. The molecule has 2 N–H and O–H groups in total. The van der Waals surface area contributed by atoms with Crippen LogP contribution in [0.4, 0.5) is 5.69 Å². The van der Waals surface area contributed by atoms with Gasteiger partial charge >= 0.3 is 5.97 Å². The van der Waals surface area contributed by atoms with Gasteiger partial charge in [0.25, 0.3) is 0 Å². The number of aromatic carboxylic acids is 1. The highest BCUT2D eigenvalue weighted by Gasteiger charge is 2.41. The molecule has 0 aliphatic carbocycles. The van der Waals surface area contributed by atoms with Crippen molar-refractivity contribution in [2.75, 3.05) is 11.9 Å². The summed E-state index contributed by atoms with van der Waals surface area (Å²) in [5, 5.41) is 12.7. The van der Waals surface area contributed by atoms with E-state index in [-0.39, 0.29) is 12.1 Å². The molecule has 0 saturated carbocycles. The van der Waals surface area contributed by atoms with Gasteiger partial charge in [-0.3, -0.25) is 0 Å². The summed E-state index contributed by atoms with van der Waals surface area (Å²) in [7, 11) is 0. The molecule has 1 saturated heterocycles. The first kappa shape index (κ1) is 14.3. The summed E-state index contributed by atoms with van der Waals surface area (Å²) < 4.78 is 6.02. The van der Waals surface area contributed by atoms with Crippen molar-refractivity contribution in [3.05, 3.63) is 64.7 Å². The Labute approximate surface area is 135 Å². The number of aryl methyl sites for hydroxylation is 1. The number of hydrogen-bond donors (Lipinski definition) is 2. The average Bonchev–Trinajstić information content (AvgIpc) is 3.04. The highest BCUT2D eigenvalue weighted by atomic mass is 16.5. The van der Waals surface area contributed by atoms with Gasteiger partial charge in [0.1, 0.15) is 0 Å². The largest absolute Gasteiger partial charge is 0.478 e. The number of benzene rings is 2. The summed E-state index contributed by atoms with van der Waals surface area (Å²) in [6, 6.07) is 13.7. The SMILES string of the molecule is Cc1ccc2c(c1)[C@@H]1OCC[C@@H]1[C@H](c1ccc(C(=O)O)cc1)N2. The Morgan fingerprint density at radius 3 is 2.74 bits per heavy atom. The molecule has 0 spiro atoms. The summed E-state index contributed by atoms with van der Waals surface area (Å²) in [6.45, 7) is 2.87. The fourth-order valence-electron chi connectivity index (χ4n) is 3.76. The summed E-state index contributed by atoms with van der Waals surface area (Å²) in [5.74, 6) is -0.518. The molecule has 23 heavy (non-hydrogen) atoms. The normalized spacial score (nSPS) is 25.3. The maximum Gasteiger partial charge on any atom is 0.335 e. The number of hydrogen-bond acceptors (Lipinski definition) is 3. The number of carbonyl (C=O) groups is 1. The number of carboxylic acids is 1. The predicted molar refractivity (Wildman–Crippen MR) is 87.7 cm³/mol. The van der Waals surface area contributed by atoms with Crippen molar-refractivity contribution in [3.8, 4) is 0 Å². The van der Waals surface area contributed by atoms with Crippen LogP contribution in [0, 0.1) is 12.8 Å². The first-order chi connectivity index (χ1) is 11.1. The zero-order chi connectivity index (χ0) is 16.0. The molecule has 0 unspecified atom stereocenters. The Morgan fingerprint density at radius 2 is 2.00 bits per heavy atom. The van der Waals surface area contributed by atoms with Gasteiger partial charge in [-0.25, -0.2) is 4.79 Å². The number of fused-ring (bicyclic) bond motifs is 3. The maximum atomic E-state index is 11.0. The van der Waals surface area contributed by atoms with E-state index in [1.54, 1.807) is 12.1 Å². The molecule has 0 radical (unpaired) electrons. The van der Waals surface area contributed by atoms with Crippen LogP contribution >= 0.6 is 0 Å². The Balaban J connectivity index is 1.72. The molecule has 0 amide bonds. The molecule has 4 rings (SSSR count). The molecular formula is C19H19NO3. The topological polar surface area (TPSA) is 58.6 Å². The Kier molecular flexibility index (Phi) is 3.34. The van der Waals surface area contributed by atoms with E-state index in [9.17, 15) is 4.79 Å². The molecule has 2 aromatic rings.